The summed E-state index contributed by atoms with van der Waals surface area (Å²) < 4.78 is 11.3. The number of amides is 1. The van der Waals surface area contributed by atoms with Crippen LogP contribution in [0.4, 0.5) is 0 Å². The van der Waals surface area contributed by atoms with Gasteiger partial charge in [-0.15, -0.1) is 11.3 Å². The Labute approximate surface area is 157 Å². The van der Waals surface area contributed by atoms with Gasteiger partial charge in [-0.05, 0) is 32.8 Å². The van der Waals surface area contributed by atoms with Crippen molar-refractivity contribution < 1.29 is 13.9 Å². The van der Waals surface area contributed by atoms with E-state index in [-0.39, 0.29) is 24.2 Å². The molecule has 0 bridgehead atoms. The van der Waals surface area contributed by atoms with E-state index in [1.807, 2.05) is 23.3 Å². The number of carbonyl (C=O) groups is 1. The van der Waals surface area contributed by atoms with Crippen molar-refractivity contribution in [3.05, 3.63) is 40.2 Å². The van der Waals surface area contributed by atoms with Crippen LogP contribution in [0, 0.1) is 6.92 Å². The maximum absolute atomic E-state index is 12.5. The summed E-state index contributed by atoms with van der Waals surface area (Å²) in [6, 6.07) is 2.07. The van der Waals surface area contributed by atoms with Crippen molar-refractivity contribution in [1.29, 1.82) is 0 Å². The predicted octanol–water partition coefficient (Wildman–Crippen LogP) is 2.83. The Morgan fingerprint density at radius 1 is 1.35 bits per heavy atom. The molecule has 1 atom stereocenters. The summed E-state index contributed by atoms with van der Waals surface area (Å²) in [6.45, 7) is 7.71. The minimum Gasteiger partial charge on any atom is -0.472 e. The van der Waals surface area contributed by atoms with Gasteiger partial charge in [0.05, 0.1) is 41.4 Å². The van der Waals surface area contributed by atoms with E-state index in [1.165, 1.54) is 5.56 Å². The maximum atomic E-state index is 12.5. The molecule has 1 amide bonds. The molecule has 0 aromatic carbocycles. The lowest BCUT2D eigenvalue weighted by molar-refractivity contribution is -0.188. The van der Waals surface area contributed by atoms with Crippen molar-refractivity contribution in [2.24, 2.45) is 0 Å². The third kappa shape index (κ3) is 3.43. The van der Waals surface area contributed by atoms with E-state index in [0.717, 1.165) is 43.2 Å². The molecule has 0 aliphatic carbocycles. The molecule has 2 aromatic rings. The first-order valence-corrected chi connectivity index (χ1v) is 10.0. The molecule has 2 aliphatic rings. The van der Waals surface area contributed by atoms with Crippen LogP contribution >= 0.6 is 11.3 Å². The molecule has 140 valence electrons. The Balaban J connectivity index is 1.42. The van der Waals surface area contributed by atoms with Gasteiger partial charge in [0.25, 0.3) is 0 Å². The fourth-order valence-corrected chi connectivity index (χ4v) is 4.69. The van der Waals surface area contributed by atoms with E-state index in [1.54, 1.807) is 23.9 Å². The second kappa shape index (κ2) is 7.13. The van der Waals surface area contributed by atoms with Gasteiger partial charge >= 0.3 is 0 Å². The largest absolute Gasteiger partial charge is 0.472 e. The van der Waals surface area contributed by atoms with Crippen LogP contribution in [0.2, 0.25) is 0 Å². The summed E-state index contributed by atoms with van der Waals surface area (Å²) in [4.78, 5) is 21.4. The predicted molar refractivity (Wildman–Crippen MR) is 98.8 cm³/mol. The van der Waals surface area contributed by atoms with E-state index < -0.39 is 0 Å². The highest BCUT2D eigenvalue weighted by atomic mass is 32.1. The molecule has 2 fully saturated rings. The molecule has 2 saturated heterocycles. The molecule has 2 aromatic heterocycles. The number of thiazole rings is 1. The number of piperidine rings is 1. The summed E-state index contributed by atoms with van der Waals surface area (Å²) in [7, 11) is 0. The first-order valence-electron chi connectivity index (χ1n) is 9.14. The van der Waals surface area contributed by atoms with Gasteiger partial charge in [-0.3, -0.25) is 9.69 Å². The minimum atomic E-state index is -0.244. The van der Waals surface area contributed by atoms with Crippen molar-refractivity contribution in [3.63, 3.8) is 0 Å². The number of carbonyl (C=O) groups excluding carboxylic acids is 1. The highest BCUT2D eigenvalue weighted by Gasteiger charge is 2.47. The van der Waals surface area contributed by atoms with Crippen LogP contribution in [0.1, 0.15) is 36.0 Å². The number of aryl methyl sites for hydroxylation is 1. The number of likely N-dealkylation sites (tertiary alicyclic amines) is 1. The van der Waals surface area contributed by atoms with E-state index in [4.69, 9.17) is 9.15 Å². The second-order valence-electron chi connectivity index (χ2n) is 7.32. The number of ether oxygens (including phenoxy) is 1. The number of rotatable bonds is 4. The van der Waals surface area contributed by atoms with Crippen LogP contribution in [0.25, 0.3) is 0 Å². The highest BCUT2D eigenvalue weighted by Crippen LogP contribution is 2.36. The van der Waals surface area contributed by atoms with Crippen molar-refractivity contribution in [2.75, 3.05) is 19.7 Å². The molecule has 0 N–H and O–H groups in total. The van der Waals surface area contributed by atoms with Gasteiger partial charge in [0, 0.05) is 30.6 Å². The molecule has 7 heteroatoms. The number of hydrogen-bond donors (Lipinski definition) is 0. The van der Waals surface area contributed by atoms with Gasteiger partial charge in [0.1, 0.15) is 6.61 Å². The molecule has 2 aliphatic heterocycles. The van der Waals surface area contributed by atoms with Crippen molar-refractivity contribution in [3.8, 4) is 0 Å². The lowest BCUT2D eigenvalue weighted by atomic mass is 9.82. The number of hydrogen-bond acceptors (Lipinski definition) is 6. The Hall–Kier alpha value is -1.70. The van der Waals surface area contributed by atoms with Crippen LogP contribution in [-0.4, -0.2) is 52.0 Å². The first-order chi connectivity index (χ1) is 12.6. The molecule has 1 unspecified atom stereocenters. The Bertz CT molecular complexity index is 750. The Morgan fingerprint density at radius 3 is 2.81 bits per heavy atom. The van der Waals surface area contributed by atoms with E-state index in [2.05, 4.69) is 16.8 Å². The fraction of sp³-hybridized carbons (Fsp3) is 0.579. The lowest BCUT2D eigenvalue weighted by Gasteiger charge is -2.51. The Kier molecular flexibility index (Phi) is 4.86. The molecule has 4 heterocycles. The van der Waals surface area contributed by atoms with Crippen molar-refractivity contribution in [1.82, 2.24) is 14.8 Å². The smallest absolute Gasteiger partial charge is 0.249 e. The zero-order valence-corrected chi connectivity index (χ0v) is 16.1. The molecule has 0 saturated carbocycles. The van der Waals surface area contributed by atoms with Gasteiger partial charge in [-0.1, -0.05) is 0 Å². The van der Waals surface area contributed by atoms with Gasteiger partial charge in [0.2, 0.25) is 5.91 Å². The third-order valence-corrected chi connectivity index (χ3v) is 6.54. The van der Waals surface area contributed by atoms with Crippen LogP contribution < -0.4 is 0 Å². The molecule has 4 rings (SSSR count). The first kappa shape index (κ1) is 17.7. The average Bonchev–Trinajstić information content (AvgIpc) is 3.29. The van der Waals surface area contributed by atoms with Crippen molar-refractivity contribution in [2.45, 2.75) is 51.4 Å². The van der Waals surface area contributed by atoms with Crippen LogP contribution in [-0.2, 0) is 22.6 Å². The fourth-order valence-electron chi connectivity index (χ4n) is 4.08. The molecule has 1 spiro atoms. The molecule has 6 nitrogen and oxygen atoms in total. The summed E-state index contributed by atoms with van der Waals surface area (Å²) in [5.41, 5.74) is 1.93. The standard InChI is InChI=1S/C19H25N3O3S/c1-14-19(4-6-21(7-5-19)9-16-3-8-24-11-16)25-12-18(23)22(14)10-17-13-26-15(2)20-17/h3,8,11,13-14H,4-7,9-10,12H2,1-2H3. The number of morpholine rings is 1. The topological polar surface area (TPSA) is 58.8 Å². The van der Waals surface area contributed by atoms with Crippen molar-refractivity contribution >= 4 is 17.2 Å². The van der Waals surface area contributed by atoms with E-state index >= 15 is 0 Å². The second-order valence-corrected chi connectivity index (χ2v) is 8.38. The van der Waals surface area contributed by atoms with E-state index in [9.17, 15) is 4.79 Å². The van der Waals surface area contributed by atoms with Crippen LogP contribution in [0.3, 0.4) is 0 Å². The summed E-state index contributed by atoms with van der Waals surface area (Å²) in [5.74, 6) is 0.0644. The normalized spacial score (nSPS) is 23.7. The lowest BCUT2D eigenvalue weighted by Crippen LogP contribution is -2.63. The SMILES string of the molecule is Cc1nc(CN2C(=O)COC3(CCN(Cc4ccoc4)CC3)C2C)cs1. The molecular formula is C19H25N3O3S. The van der Waals surface area contributed by atoms with Crippen LogP contribution in [0.5, 0.6) is 0 Å². The Morgan fingerprint density at radius 2 is 2.15 bits per heavy atom. The monoisotopic (exact) mass is 375 g/mol. The van der Waals surface area contributed by atoms with Gasteiger partial charge in [-0.2, -0.15) is 0 Å². The van der Waals surface area contributed by atoms with Gasteiger partial charge in [0.15, 0.2) is 0 Å². The third-order valence-electron chi connectivity index (χ3n) is 5.72. The summed E-state index contributed by atoms with van der Waals surface area (Å²) in [6.07, 6.45) is 5.40. The summed E-state index contributed by atoms with van der Waals surface area (Å²) >= 11 is 1.63. The van der Waals surface area contributed by atoms with Gasteiger partial charge in [-0.25, -0.2) is 4.98 Å². The highest BCUT2D eigenvalue weighted by molar-refractivity contribution is 7.09. The summed E-state index contributed by atoms with van der Waals surface area (Å²) in [5, 5.41) is 3.08. The molecular weight excluding hydrogens is 350 g/mol. The maximum Gasteiger partial charge on any atom is 0.249 e. The zero-order valence-electron chi connectivity index (χ0n) is 15.3. The average molecular weight is 375 g/mol. The number of furan rings is 1. The number of aromatic nitrogens is 1. The van der Waals surface area contributed by atoms with Crippen LogP contribution in [0.15, 0.2) is 28.4 Å². The zero-order chi connectivity index (χ0) is 18.1. The number of nitrogens with zero attached hydrogens (tertiary/aromatic N) is 3. The minimum absolute atomic E-state index is 0.0573. The quantitative estimate of drug-likeness (QED) is 0.822. The van der Waals surface area contributed by atoms with Gasteiger partial charge < -0.3 is 14.1 Å². The van der Waals surface area contributed by atoms with E-state index in [0.29, 0.717) is 6.54 Å². The molecule has 26 heavy (non-hydrogen) atoms. The molecule has 0 radical (unpaired) electrons.